The Bertz CT molecular complexity index is 438. The molecule has 110 valence electrons. The molecule has 2 rings (SSSR count). The highest BCUT2D eigenvalue weighted by Gasteiger charge is 2.45. The van der Waals surface area contributed by atoms with E-state index in [1.54, 1.807) is 0 Å². The standard InChI is InChI=1S/C17H25NO2/c1-13(2)17(16(19)20-3,14-9-5-4-6-10-14)18-15-11-7-8-12-15/h4-6,9-10,13,15,18H,7-8,11-12H2,1-3H3. The second kappa shape index (κ2) is 6.40. The third kappa shape index (κ3) is 2.73. The summed E-state index contributed by atoms with van der Waals surface area (Å²) in [6.45, 7) is 4.15. The predicted octanol–water partition coefficient (Wildman–Crippen LogP) is 3.24. The molecule has 0 radical (unpaired) electrons. The van der Waals surface area contributed by atoms with Gasteiger partial charge in [0.05, 0.1) is 7.11 Å². The Balaban J connectivity index is 2.41. The Morgan fingerprint density at radius 3 is 2.35 bits per heavy atom. The molecule has 0 amide bonds. The molecule has 1 aliphatic rings. The fourth-order valence-electron chi connectivity index (χ4n) is 3.25. The third-order valence-corrected chi connectivity index (χ3v) is 4.39. The van der Waals surface area contributed by atoms with Crippen molar-refractivity contribution in [3.8, 4) is 0 Å². The highest BCUT2D eigenvalue weighted by molar-refractivity contribution is 5.83. The summed E-state index contributed by atoms with van der Waals surface area (Å²) >= 11 is 0. The number of carbonyl (C=O) groups is 1. The second-order valence-corrected chi connectivity index (χ2v) is 5.95. The lowest BCUT2D eigenvalue weighted by Crippen LogP contribution is -2.56. The molecule has 20 heavy (non-hydrogen) atoms. The molecule has 0 aromatic heterocycles. The number of hydrogen-bond donors (Lipinski definition) is 1. The van der Waals surface area contributed by atoms with Gasteiger partial charge in [-0.3, -0.25) is 5.32 Å². The van der Waals surface area contributed by atoms with Crippen molar-refractivity contribution in [2.45, 2.75) is 51.1 Å². The molecular weight excluding hydrogens is 250 g/mol. The van der Waals surface area contributed by atoms with Crippen molar-refractivity contribution < 1.29 is 9.53 Å². The van der Waals surface area contributed by atoms with E-state index >= 15 is 0 Å². The van der Waals surface area contributed by atoms with Crippen molar-refractivity contribution in [1.82, 2.24) is 5.32 Å². The molecule has 1 aliphatic carbocycles. The number of carbonyl (C=O) groups excluding carboxylic acids is 1. The first-order valence-corrected chi connectivity index (χ1v) is 7.53. The van der Waals surface area contributed by atoms with Crippen molar-refractivity contribution in [3.05, 3.63) is 35.9 Å². The fourth-order valence-corrected chi connectivity index (χ4v) is 3.25. The number of rotatable bonds is 5. The van der Waals surface area contributed by atoms with Crippen LogP contribution in [0.1, 0.15) is 45.1 Å². The van der Waals surface area contributed by atoms with Gasteiger partial charge in [-0.25, -0.2) is 4.79 Å². The highest BCUT2D eigenvalue weighted by atomic mass is 16.5. The minimum absolute atomic E-state index is 0.123. The molecule has 0 saturated heterocycles. The SMILES string of the molecule is COC(=O)C(NC1CCCC1)(c1ccccc1)C(C)C. The van der Waals surface area contributed by atoms with Gasteiger partial charge in [0, 0.05) is 6.04 Å². The number of nitrogens with one attached hydrogen (secondary N) is 1. The number of ether oxygens (including phenoxy) is 1. The smallest absolute Gasteiger partial charge is 0.331 e. The largest absolute Gasteiger partial charge is 0.467 e. The quantitative estimate of drug-likeness (QED) is 0.838. The van der Waals surface area contributed by atoms with Crippen LogP contribution in [0.15, 0.2) is 30.3 Å². The Morgan fingerprint density at radius 2 is 1.85 bits per heavy atom. The van der Waals surface area contributed by atoms with Gasteiger partial charge < -0.3 is 4.74 Å². The zero-order valence-corrected chi connectivity index (χ0v) is 12.7. The molecular formula is C17H25NO2. The normalized spacial score (nSPS) is 19.0. The minimum Gasteiger partial charge on any atom is -0.467 e. The summed E-state index contributed by atoms with van der Waals surface area (Å²) in [7, 11) is 1.47. The van der Waals surface area contributed by atoms with Crippen LogP contribution in [-0.2, 0) is 15.1 Å². The van der Waals surface area contributed by atoms with Gasteiger partial charge in [0.1, 0.15) is 5.54 Å². The van der Waals surface area contributed by atoms with Gasteiger partial charge in [-0.2, -0.15) is 0 Å². The van der Waals surface area contributed by atoms with E-state index in [9.17, 15) is 4.79 Å². The lowest BCUT2D eigenvalue weighted by Gasteiger charge is -2.38. The molecule has 3 nitrogen and oxygen atoms in total. The third-order valence-electron chi connectivity index (χ3n) is 4.39. The molecule has 1 aromatic rings. The summed E-state index contributed by atoms with van der Waals surface area (Å²) in [6, 6.07) is 10.4. The molecule has 0 aliphatic heterocycles. The molecule has 1 N–H and O–H groups in total. The van der Waals surface area contributed by atoms with Crippen LogP contribution in [0.3, 0.4) is 0 Å². The lowest BCUT2D eigenvalue weighted by molar-refractivity contribution is -0.152. The molecule has 3 heteroatoms. The molecule has 0 heterocycles. The summed E-state index contributed by atoms with van der Waals surface area (Å²) in [5.74, 6) is -0.0662. The van der Waals surface area contributed by atoms with Crippen LogP contribution in [0.4, 0.5) is 0 Å². The monoisotopic (exact) mass is 275 g/mol. The first-order chi connectivity index (χ1) is 9.61. The van der Waals surface area contributed by atoms with E-state index in [0.717, 1.165) is 18.4 Å². The summed E-state index contributed by atoms with van der Waals surface area (Å²) in [4.78, 5) is 12.6. The maximum atomic E-state index is 12.6. The number of esters is 1. The molecule has 1 atom stereocenters. The van der Waals surface area contributed by atoms with Gasteiger partial charge in [0.2, 0.25) is 0 Å². The zero-order chi connectivity index (χ0) is 14.6. The van der Waals surface area contributed by atoms with Crippen molar-refractivity contribution in [2.24, 2.45) is 5.92 Å². The first-order valence-electron chi connectivity index (χ1n) is 7.53. The van der Waals surface area contributed by atoms with E-state index in [1.165, 1.54) is 20.0 Å². The summed E-state index contributed by atoms with van der Waals surface area (Å²) in [5.41, 5.74) is 0.249. The fraction of sp³-hybridized carbons (Fsp3) is 0.588. The van der Waals surface area contributed by atoms with E-state index in [4.69, 9.17) is 4.74 Å². The Labute approximate surface area is 121 Å². The Hall–Kier alpha value is -1.35. The van der Waals surface area contributed by atoms with Crippen LogP contribution in [-0.4, -0.2) is 19.1 Å². The van der Waals surface area contributed by atoms with Gasteiger partial charge in [0.25, 0.3) is 0 Å². The number of methoxy groups -OCH3 is 1. The van der Waals surface area contributed by atoms with Crippen molar-refractivity contribution in [3.63, 3.8) is 0 Å². The molecule has 0 spiro atoms. The van der Waals surface area contributed by atoms with Crippen LogP contribution in [0.5, 0.6) is 0 Å². The van der Waals surface area contributed by atoms with Gasteiger partial charge in [-0.15, -0.1) is 0 Å². The Morgan fingerprint density at radius 1 is 1.25 bits per heavy atom. The van der Waals surface area contributed by atoms with Gasteiger partial charge in [-0.05, 0) is 24.3 Å². The first kappa shape index (κ1) is 15.0. The summed E-state index contributed by atoms with van der Waals surface area (Å²) < 4.78 is 5.14. The van der Waals surface area contributed by atoms with Crippen LogP contribution in [0.25, 0.3) is 0 Å². The van der Waals surface area contributed by atoms with Crippen molar-refractivity contribution in [1.29, 1.82) is 0 Å². The lowest BCUT2D eigenvalue weighted by atomic mass is 9.79. The van der Waals surface area contributed by atoms with Crippen molar-refractivity contribution in [2.75, 3.05) is 7.11 Å². The minimum atomic E-state index is -0.745. The summed E-state index contributed by atoms with van der Waals surface area (Å²) in [6.07, 6.45) is 4.75. The summed E-state index contributed by atoms with van der Waals surface area (Å²) in [5, 5.41) is 3.62. The topological polar surface area (TPSA) is 38.3 Å². The van der Waals surface area contributed by atoms with Crippen LogP contribution in [0, 0.1) is 5.92 Å². The van der Waals surface area contributed by atoms with Crippen molar-refractivity contribution >= 4 is 5.97 Å². The van der Waals surface area contributed by atoms with Gasteiger partial charge in [-0.1, -0.05) is 57.0 Å². The molecule has 1 unspecified atom stereocenters. The second-order valence-electron chi connectivity index (χ2n) is 5.95. The van der Waals surface area contributed by atoms with Gasteiger partial charge >= 0.3 is 5.97 Å². The molecule has 1 saturated carbocycles. The van der Waals surface area contributed by atoms with E-state index in [0.29, 0.717) is 6.04 Å². The predicted molar refractivity (Wildman–Crippen MR) is 80.4 cm³/mol. The Kier molecular flexibility index (Phi) is 4.81. The van der Waals surface area contributed by atoms with E-state index in [2.05, 4.69) is 19.2 Å². The van der Waals surface area contributed by atoms with Crippen LogP contribution >= 0.6 is 0 Å². The molecule has 1 fully saturated rings. The average Bonchev–Trinajstić information content (AvgIpc) is 2.97. The van der Waals surface area contributed by atoms with Crippen LogP contribution < -0.4 is 5.32 Å². The van der Waals surface area contributed by atoms with Crippen LogP contribution in [0.2, 0.25) is 0 Å². The van der Waals surface area contributed by atoms with Gasteiger partial charge in [0.15, 0.2) is 0 Å². The maximum absolute atomic E-state index is 12.6. The molecule has 0 bridgehead atoms. The zero-order valence-electron chi connectivity index (χ0n) is 12.7. The number of hydrogen-bond acceptors (Lipinski definition) is 3. The average molecular weight is 275 g/mol. The van der Waals surface area contributed by atoms with E-state index in [1.807, 2.05) is 30.3 Å². The highest BCUT2D eigenvalue weighted by Crippen LogP contribution is 2.34. The van der Waals surface area contributed by atoms with E-state index < -0.39 is 5.54 Å². The van der Waals surface area contributed by atoms with E-state index in [-0.39, 0.29) is 11.9 Å². The number of benzene rings is 1. The maximum Gasteiger partial charge on any atom is 0.331 e. The molecule has 1 aromatic carbocycles.